The second-order valence-electron chi connectivity index (χ2n) is 6.84. The van der Waals surface area contributed by atoms with Gasteiger partial charge in [0.15, 0.2) is 0 Å². The summed E-state index contributed by atoms with van der Waals surface area (Å²) in [5, 5.41) is 0. The molecule has 154 valence electrons. The minimum absolute atomic E-state index is 0.144. The van der Waals surface area contributed by atoms with E-state index >= 15 is 0 Å². The van der Waals surface area contributed by atoms with E-state index in [-0.39, 0.29) is 22.7 Å². The van der Waals surface area contributed by atoms with E-state index in [1.165, 1.54) is 18.2 Å². The number of hydrogen-bond acceptors (Lipinski definition) is 5. The monoisotopic (exact) mass is 416 g/mol. The third-order valence-electron chi connectivity index (χ3n) is 4.74. The number of amides is 1. The lowest BCUT2D eigenvalue weighted by Crippen LogP contribution is -2.42. The highest BCUT2D eigenvalue weighted by Gasteiger charge is 2.30. The van der Waals surface area contributed by atoms with Crippen molar-refractivity contribution in [2.75, 3.05) is 24.4 Å². The van der Waals surface area contributed by atoms with Crippen molar-refractivity contribution in [1.29, 1.82) is 0 Å². The van der Waals surface area contributed by atoms with E-state index < -0.39 is 10.0 Å². The van der Waals surface area contributed by atoms with Crippen LogP contribution in [0.5, 0.6) is 0 Å². The summed E-state index contributed by atoms with van der Waals surface area (Å²) in [6.07, 6.45) is 1.41. The van der Waals surface area contributed by atoms with E-state index in [2.05, 4.69) is 4.72 Å². The molecular formula is C21H24N2O5S. The van der Waals surface area contributed by atoms with E-state index in [0.29, 0.717) is 37.4 Å². The molecular weight excluding hydrogens is 392 g/mol. The van der Waals surface area contributed by atoms with Gasteiger partial charge in [-0.25, -0.2) is 8.42 Å². The number of carbonyl (C=O) groups excluding carboxylic acids is 2. The summed E-state index contributed by atoms with van der Waals surface area (Å²) in [4.78, 5) is 26.7. The average Bonchev–Trinajstić information content (AvgIpc) is 2.74. The second-order valence-corrected chi connectivity index (χ2v) is 8.52. The normalized spacial score (nSPS) is 16.9. The highest BCUT2D eigenvalue weighted by Crippen LogP contribution is 2.22. The molecule has 2 aromatic carbocycles. The maximum Gasteiger partial charge on any atom is 0.310 e. The van der Waals surface area contributed by atoms with Crippen molar-refractivity contribution in [2.45, 2.75) is 24.7 Å². The Hall–Kier alpha value is -2.87. The molecule has 8 heteroatoms. The third-order valence-corrected chi connectivity index (χ3v) is 6.14. The van der Waals surface area contributed by atoms with Crippen molar-refractivity contribution in [3.63, 3.8) is 0 Å². The van der Waals surface area contributed by atoms with Crippen LogP contribution in [0.2, 0.25) is 0 Å². The SMILES string of the molecule is CCOC(=O)C1CCCN(C(=O)c2cccc(NS(=O)(=O)c3ccccc3)c2)C1. The molecule has 0 aliphatic carbocycles. The number of hydrogen-bond donors (Lipinski definition) is 1. The van der Waals surface area contributed by atoms with E-state index in [9.17, 15) is 18.0 Å². The first-order chi connectivity index (χ1) is 13.9. The number of likely N-dealkylation sites (tertiary alicyclic amines) is 1. The molecule has 1 aliphatic heterocycles. The van der Waals surface area contributed by atoms with Crippen LogP contribution in [-0.4, -0.2) is 44.9 Å². The molecule has 2 aromatic rings. The molecule has 0 aromatic heterocycles. The highest BCUT2D eigenvalue weighted by molar-refractivity contribution is 7.92. The number of rotatable bonds is 6. The standard InChI is InChI=1S/C21H24N2O5S/c1-2-28-21(25)17-9-7-13-23(15-17)20(24)16-8-6-10-18(14-16)22-29(26,27)19-11-4-3-5-12-19/h3-6,8,10-12,14,17,22H,2,7,9,13,15H2,1H3. The van der Waals surface area contributed by atoms with Crippen LogP contribution in [-0.2, 0) is 19.6 Å². The first kappa shape index (κ1) is 20.9. The Morgan fingerprint density at radius 2 is 1.90 bits per heavy atom. The summed E-state index contributed by atoms with van der Waals surface area (Å²) in [7, 11) is -3.74. The number of nitrogens with one attached hydrogen (secondary N) is 1. The molecule has 7 nitrogen and oxygen atoms in total. The van der Waals surface area contributed by atoms with E-state index in [4.69, 9.17) is 4.74 Å². The lowest BCUT2D eigenvalue weighted by molar-refractivity contribution is -0.149. The summed E-state index contributed by atoms with van der Waals surface area (Å²) < 4.78 is 32.6. The van der Waals surface area contributed by atoms with Gasteiger partial charge in [0, 0.05) is 24.3 Å². The molecule has 1 atom stereocenters. The fourth-order valence-corrected chi connectivity index (χ4v) is 4.40. The Morgan fingerprint density at radius 3 is 2.62 bits per heavy atom. The smallest absolute Gasteiger partial charge is 0.310 e. The van der Waals surface area contributed by atoms with Crippen molar-refractivity contribution >= 4 is 27.6 Å². The lowest BCUT2D eigenvalue weighted by atomic mass is 9.97. The zero-order chi connectivity index (χ0) is 20.9. The van der Waals surface area contributed by atoms with Gasteiger partial charge >= 0.3 is 5.97 Å². The summed E-state index contributed by atoms with van der Waals surface area (Å²) in [6, 6.07) is 14.4. The van der Waals surface area contributed by atoms with Crippen molar-refractivity contribution < 1.29 is 22.7 Å². The fourth-order valence-electron chi connectivity index (χ4n) is 3.33. The first-order valence-corrected chi connectivity index (χ1v) is 11.0. The minimum atomic E-state index is -3.74. The topological polar surface area (TPSA) is 92.8 Å². The molecule has 1 unspecified atom stereocenters. The quantitative estimate of drug-likeness (QED) is 0.731. The average molecular weight is 416 g/mol. The van der Waals surface area contributed by atoms with Crippen LogP contribution in [0.1, 0.15) is 30.1 Å². The number of nitrogens with zero attached hydrogens (tertiary/aromatic N) is 1. The fraction of sp³-hybridized carbons (Fsp3) is 0.333. The molecule has 1 heterocycles. The van der Waals surface area contributed by atoms with Crippen LogP contribution in [0.4, 0.5) is 5.69 Å². The Balaban J connectivity index is 1.73. The van der Waals surface area contributed by atoms with E-state index in [0.717, 1.165) is 6.42 Å². The molecule has 1 saturated heterocycles. The van der Waals surface area contributed by atoms with E-state index in [1.54, 1.807) is 48.2 Å². The van der Waals surface area contributed by atoms with Gasteiger partial charge in [0.25, 0.3) is 15.9 Å². The molecule has 29 heavy (non-hydrogen) atoms. The van der Waals surface area contributed by atoms with Crippen LogP contribution in [0.3, 0.4) is 0 Å². The first-order valence-electron chi connectivity index (χ1n) is 9.54. The van der Waals surface area contributed by atoms with Crippen molar-refractivity contribution in [3.8, 4) is 0 Å². The van der Waals surface area contributed by atoms with Gasteiger partial charge in [-0.1, -0.05) is 24.3 Å². The zero-order valence-corrected chi connectivity index (χ0v) is 17.0. The van der Waals surface area contributed by atoms with Gasteiger partial charge < -0.3 is 9.64 Å². The maximum absolute atomic E-state index is 12.9. The van der Waals surface area contributed by atoms with Crippen molar-refractivity contribution in [1.82, 2.24) is 4.90 Å². The molecule has 1 N–H and O–H groups in total. The van der Waals surface area contributed by atoms with Gasteiger partial charge in [-0.05, 0) is 50.1 Å². The number of benzene rings is 2. The molecule has 0 saturated carbocycles. The largest absolute Gasteiger partial charge is 0.466 e. The summed E-state index contributed by atoms with van der Waals surface area (Å²) in [5.74, 6) is -0.846. The minimum Gasteiger partial charge on any atom is -0.466 e. The molecule has 0 bridgehead atoms. The molecule has 1 fully saturated rings. The van der Waals surface area contributed by atoms with Crippen molar-refractivity contribution in [3.05, 3.63) is 60.2 Å². The van der Waals surface area contributed by atoms with Gasteiger partial charge in [-0.15, -0.1) is 0 Å². The molecule has 0 spiro atoms. The third kappa shape index (κ3) is 5.14. The van der Waals surface area contributed by atoms with Crippen LogP contribution >= 0.6 is 0 Å². The summed E-state index contributed by atoms with van der Waals surface area (Å²) in [6.45, 7) is 2.92. The number of sulfonamides is 1. The van der Waals surface area contributed by atoms with Crippen LogP contribution in [0.15, 0.2) is 59.5 Å². The molecule has 3 rings (SSSR count). The Morgan fingerprint density at radius 1 is 1.14 bits per heavy atom. The van der Waals surface area contributed by atoms with Crippen LogP contribution < -0.4 is 4.72 Å². The Bertz CT molecular complexity index is 976. The lowest BCUT2D eigenvalue weighted by Gasteiger charge is -2.31. The summed E-state index contributed by atoms with van der Waals surface area (Å²) >= 11 is 0. The van der Waals surface area contributed by atoms with Gasteiger partial charge in [0.2, 0.25) is 0 Å². The zero-order valence-electron chi connectivity index (χ0n) is 16.2. The molecule has 0 radical (unpaired) electrons. The van der Waals surface area contributed by atoms with E-state index in [1.807, 2.05) is 0 Å². The number of esters is 1. The predicted octanol–water partition coefficient (Wildman–Crippen LogP) is 2.90. The molecule has 1 amide bonds. The number of piperidine rings is 1. The predicted molar refractivity (Wildman–Crippen MR) is 109 cm³/mol. The maximum atomic E-state index is 12.9. The van der Waals surface area contributed by atoms with Crippen molar-refractivity contribution in [2.24, 2.45) is 5.92 Å². The summed E-state index contributed by atoms with van der Waals surface area (Å²) in [5.41, 5.74) is 0.668. The number of carbonyl (C=O) groups is 2. The second kappa shape index (κ2) is 9.09. The van der Waals surface area contributed by atoms with Gasteiger partial charge in [-0.3, -0.25) is 14.3 Å². The Kier molecular flexibility index (Phi) is 6.53. The van der Waals surface area contributed by atoms with Crippen LogP contribution in [0.25, 0.3) is 0 Å². The highest BCUT2D eigenvalue weighted by atomic mass is 32.2. The van der Waals surface area contributed by atoms with Gasteiger partial charge in [0.1, 0.15) is 0 Å². The van der Waals surface area contributed by atoms with Gasteiger partial charge in [0.05, 0.1) is 17.4 Å². The van der Waals surface area contributed by atoms with Crippen LogP contribution in [0, 0.1) is 5.92 Å². The molecule has 1 aliphatic rings. The van der Waals surface area contributed by atoms with Gasteiger partial charge in [-0.2, -0.15) is 0 Å². The number of ether oxygens (including phenoxy) is 1. The Labute approximate surface area is 170 Å². The number of anilines is 1.